The van der Waals surface area contributed by atoms with E-state index < -0.39 is 0 Å². The van der Waals surface area contributed by atoms with Crippen LogP contribution in [0.4, 0.5) is 0 Å². The van der Waals surface area contributed by atoms with Crippen molar-refractivity contribution in [2.24, 2.45) is 0 Å². The lowest BCUT2D eigenvalue weighted by molar-refractivity contribution is 0.199. The third-order valence-corrected chi connectivity index (χ3v) is 4.74. The molecule has 0 unspecified atom stereocenters. The van der Waals surface area contributed by atoms with Crippen molar-refractivity contribution in [3.8, 4) is 17.2 Å². The first-order chi connectivity index (χ1) is 10.8. The van der Waals surface area contributed by atoms with Gasteiger partial charge in [0.25, 0.3) is 5.89 Å². The summed E-state index contributed by atoms with van der Waals surface area (Å²) in [6.45, 7) is 2.34. The fourth-order valence-electron chi connectivity index (χ4n) is 3.21. The molecule has 0 radical (unpaired) electrons. The number of ether oxygens (including phenoxy) is 1. The van der Waals surface area contributed by atoms with Crippen LogP contribution >= 0.6 is 12.4 Å². The Morgan fingerprint density at radius 1 is 1.09 bits per heavy atom. The molecule has 1 aliphatic heterocycles. The Morgan fingerprint density at radius 2 is 1.78 bits per heavy atom. The SMILES string of the molecule is COc1ccc(-c2nc(C3CCN(C4CC4)CC3)no2)cc1.Cl. The summed E-state index contributed by atoms with van der Waals surface area (Å²) < 4.78 is 10.6. The number of likely N-dealkylation sites (tertiary alicyclic amines) is 1. The first-order valence-corrected chi connectivity index (χ1v) is 8.05. The molecule has 0 atom stereocenters. The Morgan fingerprint density at radius 3 is 2.39 bits per heavy atom. The molecule has 124 valence electrons. The van der Waals surface area contributed by atoms with Gasteiger partial charge in [0.1, 0.15) is 5.75 Å². The lowest BCUT2D eigenvalue weighted by atomic mass is 9.96. The van der Waals surface area contributed by atoms with Crippen molar-refractivity contribution < 1.29 is 9.26 Å². The maximum absolute atomic E-state index is 5.45. The van der Waals surface area contributed by atoms with Crippen LogP contribution < -0.4 is 4.74 Å². The Balaban J connectivity index is 0.00000156. The molecule has 0 N–H and O–H groups in total. The second-order valence-electron chi connectivity index (χ2n) is 6.23. The van der Waals surface area contributed by atoms with Crippen molar-refractivity contribution in [1.82, 2.24) is 15.0 Å². The maximum atomic E-state index is 5.45. The molecule has 1 saturated heterocycles. The van der Waals surface area contributed by atoms with E-state index in [2.05, 4.69) is 15.0 Å². The number of aromatic nitrogens is 2. The second-order valence-corrected chi connectivity index (χ2v) is 6.23. The van der Waals surface area contributed by atoms with Crippen molar-refractivity contribution in [3.05, 3.63) is 30.1 Å². The molecule has 2 heterocycles. The molecule has 23 heavy (non-hydrogen) atoms. The Labute approximate surface area is 142 Å². The zero-order valence-corrected chi connectivity index (χ0v) is 14.1. The number of hydrogen-bond donors (Lipinski definition) is 0. The van der Waals surface area contributed by atoms with Crippen molar-refractivity contribution in [2.45, 2.75) is 37.6 Å². The van der Waals surface area contributed by atoms with E-state index in [1.807, 2.05) is 24.3 Å². The van der Waals surface area contributed by atoms with E-state index >= 15 is 0 Å². The van der Waals surface area contributed by atoms with Crippen LogP contribution in [-0.4, -0.2) is 41.3 Å². The predicted molar refractivity (Wildman–Crippen MR) is 90.1 cm³/mol. The molecule has 1 aliphatic carbocycles. The van der Waals surface area contributed by atoms with Crippen LogP contribution in [0.5, 0.6) is 5.75 Å². The van der Waals surface area contributed by atoms with Crippen molar-refractivity contribution in [3.63, 3.8) is 0 Å². The second kappa shape index (κ2) is 6.89. The Bertz CT molecular complexity index is 632. The zero-order chi connectivity index (χ0) is 14.9. The topological polar surface area (TPSA) is 51.4 Å². The van der Waals surface area contributed by atoms with Crippen LogP contribution in [0.25, 0.3) is 11.5 Å². The standard InChI is InChI=1S/C17H21N3O2.ClH/c1-21-15-6-2-13(3-7-15)17-18-16(19-22-17)12-8-10-20(11-9-12)14-4-5-14;/h2-3,6-7,12,14H,4-5,8-11H2,1H3;1H. The highest BCUT2D eigenvalue weighted by atomic mass is 35.5. The molecule has 1 saturated carbocycles. The minimum atomic E-state index is 0. The summed E-state index contributed by atoms with van der Waals surface area (Å²) in [7, 11) is 1.66. The van der Waals surface area contributed by atoms with E-state index in [1.54, 1.807) is 7.11 Å². The first-order valence-electron chi connectivity index (χ1n) is 8.05. The fraction of sp³-hybridized carbons (Fsp3) is 0.529. The normalized spacial score (nSPS) is 19.3. The van der Waals surface area contributed by atoms with Crippen molar-refractivity contribution >= 4 is 12.4 Å². The number of halogens is 1. The van der Waals surface area contributed by atoms with Gasteiger partial charge in [0.05, 0.1) is 7.11 Å². The van der Waals surface area contributed by atoms with Crippen LogP contribution in [0.2, 0.25) is 0 Å². The van der Waals surface area contributed by atoms with Gasteiger partial charge in [-0.25, -0.2) is 0 Å². The number of nitrogens with zero attached hydrogens (tertiary/aromatic N) is 3. The van der Waals surface area contributed by atoms with Gasteiger partial charge in [-0.3, -0.25) is 0 Å². The Hall–Kier alpha value is -1.59. The van der Waals surface area contributed by atoms with E-state index in [-0.39, 0.29) is 12.4 Å². The number of rotatable bonds is 4. The summed E-state index contributed by atoms with van der Waals surface area (Å²) in [6, 6.07) is 8.58. The first kappa shape index (κ1) is 16.3. The van der Waals surface area contributed by atoms with Crippen LogP contribution in [0.15, 0.2) is 28.8 Å². The summed E-state index contributed by atoms with van der Waals surface area (Å²) in [5.74, 6) is 2.73. The van der Waals surface area contributed by atoms with Gasteiger partial charge in [-0.05, 0) is 63.0 Å². The maximum Gasteiger partial charge on any atom is 0.257 e. The number of hydrogen-bond acceptors (Lipinski definition) is 5. The summed E-state index contributed by atoms with van der Waals surface area (Å²) in [5, 5.41) is 4.21. The number of benzene rings is 1. The van der Waals surface area contributed by atoms with E-state index in [1.165, 1.54) is 25.9 Å². The van der Waals surface area contributed by atoms with E-state index in [0.717, 1.165) is 36.0 Å². The van der Waals surface area contributed by atoms with Crippen LogP contribution in [0, 0.1) is 0 Å². The molecular weight excluding hydrogens is 314 g/mol. The molecule has 2 fully saturated rings. The third-order valence-electron chi connectivity index (χ3n) is 4.74. The van der Waals surface area contributed by atoms with E-state index in [4.69, 9.17) is 9.26 Å². The van der Waals surface area contributed by atoms with Gasteiger partial charge in [0.15, 0.2) is 5.82 Å². The summed E-state index contributed by atoms with van der Waals surface area (Å²) >= 11 is 0. The molecular formula is C17H22ClN3O2. The fourth-order valence-corrected chi connectivity index (χ4v) is 3.21. The van der Waals surface area contributed by atoms with Gasteiger partial charge < -0.3 is 14.2 Å². The molecule has 1 aromatic heterocycles. The highest BCUT2D eigenvalue weighted by Gasteiger charge is 2.33. The van der Waals surface area contributed by atoms with Crippen molar-refractivity contribution in [1.29, 1.82) is 0 Å². The largest absolute Gasteiger partial charge is 0.497 e. The van der Waals surface area contributed by atoms with E-state index in [9.17, 15) is 0 Å². The van der Waals surface area contributed by atoms with Gasteiger partial charge in [-0.1, -0.05) is 5.16 Å². The molecule has 2 aliphatic rings. The van der Waals surface area contributed by atoms with Gasteiger partial charge in [-0.15, -0.1) is 12.4 Å². The van der Waals surface area contributed by atoms with Crippen LogP contribution in [-0.2, 0) is 0 Å². The Kier molecular flexibility index (Phi) is 4.87. The molecule has 6 heteroatoms. The molecule has 2 aromatic rings. The highest BCUT2D eigenvalue weighted by molar-refractivity contribution is 5.85. The smallest absolute Gasteiger partial charge is 0.257 e. The summed E-state index contributed by atoms with van der Waals surface area (Å²) in [6.07, 6.45) is 5.04. The van der Waals surface area contributed by atoms with Gasteiger partial charge in [-0.2, -0.15) is 4.98 Å². The average Bonchev–Trinajstić information content (AvgIpc) is 3.32. The lowest BCUT2D eigenvalue weighted by Crippen LogP contribution is -2.34. The molecule has 4 rings (SSSR count). The molecule has 1 aromatic carbocycles. The quantitative estimate of drug-likeness (QED) is 0.855. The molecule has 5 nitrogen and oxygen atoms in total. The van der Waals surface area contributed by atoms with E-state index in [0.29, 0.717) is 11.8 Å². The highest BCUT2D eigenvalue weighted by Crippen LogP contribution is 2.34. The molecule has 0 amide bonds. The van der Waals surface area contributed by atoms with Gasteiger partial charge in [0, 0.05) is 17.5 Å². The lowest BCUT2D eigenvalue weighted by Gasteiger charge is -2.30. The summed E-state index contributed by atoms with van der Waals surface area (Å²) in [5.41, 5.74) is 0.940. The molecule has 0 bridgehead atoms. The summed E-state index contributed by atoms with van der Waals surface area (Å²) in [4.78, 5) is 7.22. The minimum Gasteiger partial charge on any atom is -0.497 e. The minimum absolute atomic E-state index is 0. The van der Waals surface area contributed by atoms with Gasteiger partial charge in [0.2, 0.25) is 0 Å². The van der Waals surface area contributed by atoms with Crippen LogP contribution in [0.1, 0.15) is 37.4 Å². The number of methoxy groups -OCH3 is 1. The predicted octanol–water partition coefficient (Wildman–Crippen LogP) is 3.51. The molecule has 0 spiro atoms. The zero-order valence-electron chi connectivity index (χ0n) is 13.3. The average molecular weight is 336 g/mol. The number of piperidine rings is 1. The third kappa shape index (κ3) is 3.51. The monoisotopic (exact) mass is 335 g/mol. The van der Waals surface area contributed by atoms with Crippen LogP contribution in [0.3, 0.4) is 0 Å². The van der Waals surface area contributed by atoms with Crippen molar-refractivity contribution in [2.75, 3.05) is 20.2 Å². The van der Waals surface area contributed by atoms with Gasteiger partial charge >= 0.3 is 0 Å².